The largest absolute Gasteiger partial charge is 0.0625 e. The Labute approximate surface area is 76.7 Å². The Morgan fingerprint density at radius 3 is 2.08 bits per heavy atom. The van der Waals surface area contributed by atoms with Gasteiger partial charge in [0.05, 0.1) is 0 Å². The van der Waals surface area contributed by atoms with Gasteiger partial charge in [0.15, 0.2) is 0 Å². The molecule has 2 aliphatic rings. The van der Waals surface area contributed by atoms with Crippen molar-refractivity contribution in [2.45, 2.75) is 47.0 Å². The van der Waals surface area contributed by atoms with Crippen molar-refractivity contribution in [2.24, 2.45) is 29.1 Å². The van der Waals surface area contributed by atoms with E-state index in [-0.39, 0.29) is 0 Å². The molecule has 12 heavy (non-hydrogen) atoms. The normalized spacial score (nSPS) is 47.8. The van der Waals surface area contributed by atoms with E-state index < -0.39 is 0 Å². The van der Waals surface area contributed by atoms with Crippen molar-refractivity contribution in [2.75, 3.05) is 0 Å². The van der Waals surface area contributed by atoms with Crippen LogP contribution in [0.25, 0.3) is 0 Å². The van der Waals surface area contributed by atoms with Crippen molar-refractivity contribution in [1.82, 2.24) is 0 Å². The molecule has 0 aliphatic heterocycles. The minimum Gasteiger partial charge on any atom is -0.0625 e. The van der Waals surface area contributed by atoms with Gasteiger partial charge in [-0.2, -0.15) is 0 Å². The molecule has 0 aromatic carbocycles. The van der Waals surface area contributed by atoms with Gasteiger partial charge < -0.3 is 0 Å². The Morgan fingerprint density at radius 1 is 1.17 bits per heavy atom. The van der Waals surface area contributed by atoms with Crippen LogP contribution in [0.5, 0.6) is 0 Å². The van der Waals surface area contributed by atoms with E-state index in [1.165, 1.54) is 19.3 Å². The lowest BCUT2D eigenvalue weighted by Crippen LogP contribution is -2.56. The molecule has 0 aromatic heterocycles. The van der Waals surface area contributed by atoms with Gasteiger partial charge in [-0.05, 0) is 48.3 Å². The quantitative estimate of drug-likeness (QED) is 0.586. The van der Waals surface area contributed by atoms with Crippen molar-refractivity contribution < 1.29 is 0 Å². The molecule has 0 radical (unpaired) electrons. The van der Waals surface area contributed by atoms with Crippen LogP contribution in [0.4, 0.5) is 0 Å². The predicted octanol–water partition coefficient (Wildman–Crippen LogP) is 3.71. The van der Waals surface area contributed by atoms with Gasteiger partial charge in [-0.1, -0.05) is 27.7 Å². The zero-order valence-corrected chi connectivity index (χ0v) is 8.93. The lowest BCUT2D eigenvalue weighted by Gasteiger charge is -2.64. The van der Waals surface area contributed by atoms with E-state index in [0.717, 1.165) is 29.1 Å². The summed E-state index contributed by atoms with van der Waals surface area (Å²) in [4.78, 5) is 0. The molecule has 2 saturated carbocycles. The fraction of sp³-hybridized carbons (Fsp3) is 1.00. The Bertz CT molecular complexity index is 182. The van der Waals surface area contributed by atoms with E-state index >= 15 is 0 Å². The zero-order valence-electron chi connectivity index (χ0n) is 8.93. The molecule has 0 heterocycles. The van der Waals surface area contributed by atoms with Crippen molar-refractivity contribution in [3.8, 4) is 0 Å². The second-order valence-corrected chi connectivity index (χ2v) is 5.69. The van der Waals surface area contributed by atoms with Crippen LogP contribution in [0.15, 0.2) is 0 Å². The molecular formula is C12H22. The van der Waals surface area contributed by atoms with Gasteiger partial charge >= 0.3 is 0 Å². The summed E-state index contributed by atoms with van der Waals surface area (Å²) in [6, 6.07) is 0. The molecule has 0 spiro atoms. The summed E-state index contributed by atoms with van der Waals surface area (Å²) in [6.45, 7) is 9.74. The molecule has 2 rings (SSSR count). The molecule has 70 valence electrons. The van der Waals surface area contributed by atoms with Crippen LogP contribution in [-0.4, -0.2) is 0 Å². The van der Waals surface area contributed by atoms with Gasteiger partial charge in [-0.3, -0.25) is 0 Å². The number of fused-ring (bicyclic) bond motifs is 1. The van der Waals surface area contributed by atoms with Crippen molar-refractivity contribution in [3.05, 3.63) is 0 Å². The van der Waals surface area contributed by atoms with Gasteiger partial charge in [0.25, 0.3) is 0 Å². The third-order valence-corrected chi connectivity index (χ3v) is 5.01. The summed E-state index contributed by atoms with van der Waals surface area (Å²) in [7, 11) is 0. The molecular weight excluding hydrogens is 144 g/mol. The van der Waals surface area contributed by atoms with Crippen LogP contribution in [0.3, 0.4) is 0 Å². The van der Waals surface area contributed by atoms with Crippen LogP contribution in [0.2, 0.25) is 0 Å². The first-order chi connectivity index (χ1) is 5.55. The Kier molecular flexibility index (Phi) is 1.79. The third kappa shape index (κ3) is 0.900. The predicted molar refractivity (Wildman–Crippen MR) is 52.9 cm³/mol. The number of hydrogen-bond acceptors (Lipinski definition) is 0. The van der Waals surface area contributed by atoms with E-state index in [9.17, 15) is 0 Å². The lowest BCUT2D eigenvalue weighted by atomic mass is 9.41. The van der Waals surface area contributed by atoms with Gasteiger partial charge in [-0.15, -0.1) is 0 Å². The van der Waals surface area contributed by atoms with E-state index in [0.29, 0.717) is 0 Å². The minimum absolute atomic E-state index is 0.719. The summed E-state index contributed by atoms with van der Waals surface area (Å²) in [5.74, 6) is 4.04. The first kappa shape index (κ1) is 8.59. The van der Waals surface area contributed by atoms with Crippen molar-refractivity contribution in [3.63, 3.8) is 0 Å². The molecule has 0 bridgehead atoms. The second kappa shape index (κ2) is 2.49. The third-order valence-electron chi connectivity index (χ3n) is 5.01. The first-order valence-corrected chi connectivity index (χ1v) is 5.55. The highest BCUT2D eigenvalue weighted by Gasteiger charge is 2.57. The highest BCUT2D eigenvalue weighted by molar-refractivity contribution is 5.06. The SMILES string of the molecule is CC(C)C(C)C1(C)CC2CCC21. The zero-order chi connectivity index (χ0) is 8.93. The topological polar surface area (TPSA) is 0 Å². The maximum absolute atomic E-state index is 2.53. The molecule has 0 N–H and O–H groups in total. The molecule has 0 saturated heterocycles. The van der Waals surface area contributed by atoms with Crippen LogP contribution in [0, 0.1) is 29.1 Å². The van der Waals surface area contributed by atoms with Crippen LogP contribution >= 0.6 is 0 Å². The second-order valence-electron chi connectivity index (χ2n) is 5.69. The van der Waals surface area contributed by atoms with Gasteiger partial charge in [0.2, 0.25) is 0 Å². The minimum atomic E-state index is 0.719. The molecule has 2 fully saturated rings. The Morgan fingerprint density at radius 2 is 1.83 bits per heavy atom. The monoisotopic (exact) mass is 166 g/mol. The van der Waals surface area contributed by atoms with E-state index in [1.807, 2.05) is 0 Å². The number of rotatable bonds is 2. The summed E-state index contributed by atoms with van der Waals surface area (Å²) in [6.07, 6.45) is 4.58. The van der Waals surface area contributed by atoms with Crippen molar-refractivity contribution in [1.29, 1.82) is 0 Å². The summed E-state index contributed by atoms with van der Waals surface area (Å²) < 4.78 is 0. The maximum Gasteiger partial charge on any atom is -0.0264 e. The Hall–Kier alpha value is 0. The van der Waals surface area contributed by atoms with Crippen LogP contribution in [-0.2, 0) is 0 Å². The highest BCUT2D eigenvalue weighted by Crippen LogP contribution is 2.65. The molecule has 0 aromatic rings. The van der Waals surface area contributed by atoms with Gasteiger partial charge in [0.1, 0.15) is 0 Å². The van der Waals surface area contributed by atoms with Crippen LogP contribution in [0.1, 0.15) is 47.0 Å². The molecule has 0 nitrogen and oxygen atoms in total. The lowest BCUT2D eigenvalue weighted by molar-refractivity contribution is -0.146. The maximum atomic E-state index is 2.53. The molecule has 4 unspecified atom stereocenters. The average molecular weight is 166 g/mol. The summed E-state index contributed by atoms with van der Waals surface area (Å²) >= 11 is 0. The highest BCUT2D eigenvalue weighted by atomic mass is 14.6. The smallest absolute Gasteiger partial charge is 0.0264 e. The fourth-order valence-electron chi connectivity index (χ4n) is 3.52. The number of hydrogen-bond donors (Lipinski definition) is 0. The van der Waals surface area contributed by atoms with Crippen LogP contribution < -0.4 is 0 Å². The molecule has 2 aliphatic carbocycles. The Balaban J connectivity index is 2.02. The standard InChI is InChI=1S/C12H22/c1-8(2)9(3)12(4)7-10-5-6-11(10)12/h8-11H,5-7H2,1-4H3. The van der Waals surface area contributed by atoms with E-state index in [2.05, 4.69) is 27.7 Å². The average Bonchev–Trinajstić information content (AvgIpc) is 1.97. The van der Waals surface area contributed by atoms with E-state index in [1.54, 1.807) is 0 Å². The van der Waals surface area contributed by atoms with Gasteiger partial charge in [0, 0.05) is 0 Å². The van der Waals surface area contributed by atoms with E-state index in [4.69, 9.17) is 0 Å². The fourth-order valence-corrected chi connectivity index (χ4v) is 3.52. The molecule has 0 amide bonds. The van der Waals surface area contributed by atoms with Crippen molar-refractivity contribution >= 4 is 0 Å². The molecule has 0 heteroatoms. The first-order valence-electron chi connectivity index (χ1n) is 5.55. The van der Waals surface area contributed by atoms with Gasteiger partial charge in [-0.25, -0.2) is 0 Å². The summed E-state index contributed by atoms with van der Waals surface area (Å²) in [5.41, 5.74) is 0.719. The molecule has 4 atom stereocenters. The summed E-state index contributed by atoms with van der Waals surface area (Å²) in [5, 5.41) is 0.